The minimum absolute atomic E-state index is 0.492. The van der Waals surface area contributed by atoms with Gasteiger partial charge in [0.2, 0.25) is 5.89 Å². The topological polar surface area (TPSA) is 51.0 Å². The van der Waals surface area contributed by atoms with E-state index < -0.39 is 0 Å². The predicted octanol–water partition coefficient (Wildman–Crippen LogP) is 3.27. The first-order valence-electron chi connectivity index (χ1n) is 5.13. The molecule has 0 unspecified atom stereocenters. The summed E-state index contributed by atoms with van der Waals surface area (Å²) in [6.07, 6.45) is 2.34. The Labute approximate surface area is 102 Å². The molecule has 0 atom stereocenters. The van der Waals surface area contributed by atoms with Crippen LogP contribution in [-0.4, -0.2) is 10.2 Å². The molecule has 1 fully saturated rings. The monoisotopic (exact) mass is 255 g/mol. The molecule has 16 heavy (non-hydrogen) atoms. The molecule has 4 nitrogen and oxygen atoms in total. The number of hydrogen-bond acceptors (Lipinski definition) is 5. The van der Waals surface area contributed by atoms with Crippen molar-refractivity contribution in [3.8, 4) is 0 Å². The molecule has 0 aliphatic heterocycles. The van der Waals surface area contributed by atoms with Gasteiger partial charge in [-0.15, -0.1) is 16.4 Å². The van der Waals surface area contributed by atoms with Gasteiger partial charge in [-0.25, -0.2) is 0 Å². The summed E-state index contributed by atoms with van der Waals surface area (Å²) < 4.78 is 6.27. The second kappa shape index (κ2) is 4.07. The van der Waals surface area contributed by atoms with Crippen molar-refractivity contribution in [3.63, 3.8) is 0 Å². The number of aromatic nitrogens is 2. The van der Waals surface area contributed by atoms with E-state index in [4.69, 9.17) is 16.0 Å². The van der Waals surface area contributed by atoms with Crippen molar-refractivity contribution >= 4 is 29.0 Å². The second-order valence-electron chi connectivity index (χ2n) is 3.78. The van der Waals surface area contributed by atoms with Crippen molar-refractivity contribution in [2.24, 2.45) is 0 Å². The standard InChI is InChI=1S/C10H10ClN3OS/c11-8-4-3-7(16-8)5-12-10-14-13-9(15-10)6-1-2-6/h3-4,6H,1-2,5H2,(H,12,14). The van der Waals surface area contributed by atoms with Gasteiger partial charge in [0.05, 0.1) is 10.9 Å². The zero-order valence-corrected chi connectivity index (χ0v) is 10.0. The minimum atomic E-state index is 0.492. The molecule has 1 aliphatic carbocycles. The van der Waals surface area contributed by atoms with Gasteiger partial charge in [0.25, 0.3) is 0 Å². The first kappa shape index (κ1) is 10.1. The first-order valence-corrected chi connectivity index (χ1v) is 6.32. The molecule has 0 aromatic carbocycles. The summed E-state index contributed by atoms with van der Waals surface area (Å²) in [4.78, 5) is 1.15. The van der Waals surface area contributed by atoms with Gasteiger partial charge >= 0.3 is 6.01 Å². The summed E-state index contributed by atoms with van der Waals surface area (Å²) in [6.45, 7) is 0.670. The Kier molecular flexibility index (Phi) is 2.57. The number of hydrogen-bond donors (Lipinski definition) is 1. The van der Waals surface area contributed by atoms with Crippen LogP contribution in [0.3, 0.4) is 0 Å². The van der Waals surface area contributed by atoms with Gasteiger partial charge in [0, 0.05) is 10.8 Å². The Balaban J connectivity index is 1.61. The molecule has 3 rings (SSSR count). The van der Waals surface area contributed by atoms with E-state index in [1.165, 1.54) is 12.8 Å². The van der Waals surface area contributed by atoms with Crippen molar-refractivity contribution in [1.29, 1.82) is 0 Å². The molecule has 2 aromatic heterocycles. The highest BCUT2D eigenvalue weighted by atomic mass is 35.5. The smallest absolute Gasteiger partial charge is 0.315 e. The van der Waals surface area contributed by atoms with E-state index in [-0.39, 0.29) is 0 Å². The molecule has 0 bridgehead atoms. The lowest BCUT2D eigenvalue weighted by molar-refractivity contribution is 0.507. The van der Waals surface area contributed by atoms with Gasteiger partial charge in [-0.1, -0.05) is 16.7 Å². The molecule has 6 heteroatoms. The summed E-state index contributed by atoms with van der Waals surface area (Å²) in [5.41, 5.74) is 0. The Morgan fingerprint density at radius 2 is 2.31 bits per heavy atom. The van der Waals surface area contributed by atoms with E-state index in [0.717, 1.165) is 15.1 Å². The van der Waals surface area contributed by atoms with Gasteiger partial charge in [-0.05, 0) is 25.0 Å². The van der Waals surface area contributed by atoms with E-state index in [1.807, 2.05) is 12.1 Å². The third-order valence-electron chi connectivity index (χ3n) is 2.41. The number of nitrogens with zero attached hydrogens (tertiary/aromatic N) is 2. The first-order chi connectivity index (χ1) is 7.81. The van der Waals surface area contributed by atoms with Crippen LogP contribution >= 0.6 is 22.9 Å². The second-order valence-corrected chi connectivity index (χ2v) is 5.58. The normalized spacial score (nSPS) is 15.3. The molecule has 0 spiro atoms. The van der Waals surface area contributed by atoms with Crippen LogP contribution in [0.4, 0.5) is 6.01 Å². The minimum Gasteiger partial charge on any atom is -0.408 e. The van der Waals surface area contributed by atoms with Crippen LogP contribution in [-0.2, 0) is 6.54 Å². The number of rotatable bonds is 4. The Bertz CT molecular complexity index is 492. The fourth-order valence-corrected chi connectivity index (χ4v) is 2.44. The molecule has 2 heterocycles. The van der Waals surface area contributed by atoms with E-state index in [9.17, 15) is 0 Å². The average Bonchev–Trinajstić information content (AvgIpc) is 2.87. The molecule has 1 N–H and O–H groups in total. The lowest BCUT2D eigenvalue weighted by atomic mass is 10.4. The van der Waals surface area contributed by atoms with Crippen molar-refractivity contribution in [1.82, 2.24) is 10.2 Å². The maximum Gasteiger partial charge on any atom is 0.315 e. The molecule has 0 amide bonds. The quantitative estimate of drug-likeness (QED) is 0.911. The number of nitrogens with one attached hydrogen (secondary N) is 1. The number of thiophene rings is 1. The van der Waals surface area contributed by atoms with E-state index >= 15 is 0 Å². The predicted molar refractivity (Wildman–Crippen MR) is 62.9 cm³/mol. The van der Waals surface area contributed by atoms with Crippen LogP contribution in [0, 0.1) is 0 Å². The molecule has 0 radical (unpaired) electrons. The van der Waals surface area contributed by atoms with Crippen LogP contribution in [0.1, 0.15) is 29.5 Å². The van der Waals surface area contributed by atoms with Gasteiger partial charge in [0.1, 0.15) is 0 Å². The lowest BCUT2D eigenvalue weighted by Gasteiger charge is -1.96. The SMILES string of the molecule is Clc1ccc(CNc2nnc(C3CC3)o2)s1. The maximum absolute atomic E-state index is 5.84. The Morgan fingerprint density at radius 1 is 1.44 bits per heavy atom. The van der Waals surface area contributed by atoms with Gasteiger partial charge in [0.15, 0.2) is 0 Å². The molecule has 1 saturated carbocycles. The van der Waals surface area contributed by atoms with E-state index in [1.54, 1.807) is 11.3 Å². The molecule has 2 aromatic rings. The highest BCUT2D eigenvalue weighted by Gasteiger charge is 2.29. The van der Waals surface area contributed by atoms with Crippen LogP contribution in [0.2, 0.25) is 4.34 Å². The molecule has 84 valence electrons. The third-order valence-corrected chi connectivity index (χ3v) is 3.64. The van der Waals surface area contributed by atoms with Gasteiger partial charge < -0.3 is 9.73 Å². The van der Waals surface area contributed by atoms with Crippen molar-refractivity contribution in [2.75, 3.05) is 5.32 Å². The van der Waals surface area contributed by atoms with Crippen molar-refractivity contribution in [2.45, 2.75) is 25.3 Å². The highest BCUT2D eigenvalue weighted by molar-refractivity contribution is 7.16. The Morgan fingerprint density at radius 3 is 3.00 bits per heavy atom. The number of halogens is 1. The van der Waals surface area contributed by atoms with Crippen molar-refractivity contribution < 1.29 is 4.42 Å². The van der Waals surface area contributed by atoms with E-state index in [2.05, 4.69) is 15.5 Å². The molecule has 0 saturated heterocycles. The summed E-state index contributed by atoms with van der Waals surface area (Å²) in [5, 5.41) is 11.0. The average molecular weight is 256 g/mol. The third kappa shape index (κ3) is 2.20. The van der Waals surface area contributed by atoms with E-state index in [0.29, 0.717) is 18.5 Å². The molecular formula is C10H10ClN3OS. The fraction of sp³-hybridized carbons (Fsp3) is 0.400. The maximum atomic E-state index is 5.84. The zero-order chi connectivity index (χ0) is 11.0. The lowest BCUT2D eigenvalue weighted by Crippen LogP contribution is -1.97. The highest BCUT2D eigenvalue weighted by Crippen LogP contribution is 2.39. The molecular weight excluding hydrogens is 246 g/mol. The van der Waals surface area contributed by atoms with Crippen LogP contribution < -0.4 is 5.32 Å². The van der Waals surface area contributed by atoms with Gasteiger partial charge in [-0.2, -0.15) is 0 Å². The van der Waals surface area contributed by atoms with Crippen LogP contribution in [0.5, 0.6) is 0 Å². The van der Waals surface area contributed by atoms with Gasteiger partial charge in [-0.3, -0.25) is 0 Å². The summed E-state index contributed by atoms with van der Waals surface area (Å²) in [7, 11) is 0. The number of anilines is 1. The molecule has 1 aliphatic rings. The fourth-order valence-electron chi connectivity index (χ4n) is 1.41. The van der Waals surface area contributed by atoms with Crippen molar-refractivity contribution in [3.05, 3.63) is 27.2 Å². The largest absolute Gasteiger partial charge is 0.408 e. The summed E-state index contributed by atoms with van der Waals surface area (Å²) in [5.74, 6) is 1.26. The Hall–Kier alpha value is -1.07. The van der Waals surface area contributed by atoms with Crippen LogP contribution in [0.25, 0.3) is 0 Å². The van der Waals surface area contributed by atoms with Crippen LogP contribution in [0.15, 0.2) is 16.5 Å². The zero-order valence-electron chi connectivity index (χ0n) is 8.44. The summed E-state index contributed by atoms with van der Waals surface area (Å²) >= 11 is 7.38. The summed E-state index contributed by atoms with van der Waals surface area (Å²) in [6, 6.07) is 4.36.